The monoisotopic (exact) mass is 267 g/mol. The Bertz CT molecular complexity index is 417. The minimum atomic E-state index is -0.529. The number of aromatic nitrogens is 2. The Labute approximate surface area is 114 Å². The van der Waals surface area contributed by atoms with Gasteiger partial charge in [-0.3, -0.25) is 4.90 Å². The van der Waals surface area contributed by atoms with Crippen LogP contribution >= 0.6 is 0 Å². The molecular weight excluding hydrogens is 242 g/mol. The molecule has 0 bridgehead atoms. The van der Waals surface area contributed by atoms with Crippen molar-refractivity contribution in [2.24, 2.45) is 5.73 Å². The van der Waals surface area contributed by atoms with Gasteiger partial charge in [-0.1, -0.05) is 18.5 Å². The van der Waals surface area contributed by atoms with Crippen molar-refractivity contribution in [3.8, 4) is 0 Å². The molecule has 19 heavy (non-hydrogen) atoms. The first-order chi connectivity index (χ1) is 8.94. The molecule has 2 rings (SSSR count). The van der Waals surface area contributed by atoms with Crippen LogP contribution in [0.15, 0.2) is 4.52 Å². The van der Waals surface area contributed by atoms with Gasteiger partial charge in [-0.15, -0.1) is 0 Å². The molecule has 2 atom stereocenters. The molecule has 0 saturated carbocycles. The summed E-state index contributed by atoms with van der Waals surface area (Å²) in [5.74, 6) is 1.29. The Hall–Kier alpha value is -0.980. The third-order valence-electron chi connectivity index (χ3n) is 3.85. The number of likely N-dealkylation sites (N-methyl/N-ethyl adjacent to an activating group) is 2. The van der Waals surface area contributed by atoms with Gasteiger partial charge in [-0.2, -0.15) is 4.98 Å². The number of nitrogens with two attached hydrogens (primary N) is 1. The second kappa shape index (κ2) is 5.56. The molecule has 1 fully saturated rings. The summed E-state index contributed by atoms with van der Waals surface area (Å²) in [4.78, 5) is 9.09. The Morgan fingerprint density at radius 1 is 1.42 bits per heavy atom. The molecule has 0 amide bonds. The number of nitrogens with zero attached hydrogens (tertiary/aromatic N) is 4. The van der Waals surface area contributed by atoms with E-state index in [0.717, 1.165) is 38.3 Å². The highest BCUT2D eigenvalue weighted by Gasteiger charge is 2.32. The van der Waals surface area contributed by atoms with E-state index in [1.165, 1.54) is 0 Å². The van der Waals surface area contributed by atoms with Crippen molar-refractivity contribution in [1.29, 1.82) is 0 Å². The summed E-state index contributed by atoms with van der Waals surface area (Å²) in [6.45, 7) is 7.06. The molecule has 0 aromatic carbocycles. The van der Waals surface area contributed by atoms with E-state index in [4.69, 9.17) is 10.3 Å². The van der Waals surface area contributed by atoms with Gasteiger partial charge in [-0.05, 0) is 27.4 Å². The van der Waals surface area contributed by atoms with Crippen LogP contribution in [-0.4, -0.2) is 53.7 Å². The minimum Gasteiger partial charge on any atom is -0.337 e. The molecule has 6 heteroatoms. The Kier molecular flexibility index (Phi) is 4.23. The molecule has 2 N–H and O–H groups in total. The van der Waals surface area contributed by atoms with Crippen molar-refractivity contribution in [3.63, 3.8) is 0 Å². The molecule has 0 aliphatic carbocycles. The Balaban J connectivity index is 2.16. The van der Waals surface area contributed by atoms with E-state index in [9.17, 15) is 0 Å². The summed E-state index contributed by atoms with van der Waals surface area (Å²) in [6, 6.07) is 0.189. The lowest BCUT2D eigenvalue weighted by molar-refractivity contribution is 0.108. The minimum absolute atomic E-state index is 0.189. The van der Waals surface area contributed by atoms with Gasteiger partial charge in [0.05, 0.1) is 11.6 Å². The molecule has 108 valence electrons. The van der Waals surface area contributed by atoms with E-state index >= 15 is 0 Å². The average molecular weight is 267 g/mol. The highest BCUT2D eigenvalue weighted by atomic mass is 16.5. The van der Waals surface area contributed by atoms with Gasteiger partial charge >= 0.3 is 0 Å². The first-order valence-corrected chi connectivity index (χ1v) is 6.96. The summed E-state index contributed by atoms with van der Waals surface area (Å²) in [5, 5.41) is 4.14. The highest BCUT2D eigenvalue weighted by molar-refractivity contribution is 5.04. The number of rotatable bonds is 4. The normalized spacial score (nSPS) is 25.4. The lowest BCUT2D eigenvalue weighted by atomic mass is 9.98. The molecule has 2 heterocycles. The van der Waals surface area contributed by atoms with Crippen LogP contribution in [0.3, 0.4) is 0 Å². The van der Waals surface area contributed by atoms with E-state index in [1.807, 2.05) is 6.92 Å². The molecule has 1 aromatic heterocycles. The number of hydrogen-bond acceptors (Lipinski definition) is 6. The molecular formula is C13H25N5O. The van der Waals surface area contributed by atoms with Crippen LogP contribution < -0.4 is 5.73 Å². The van der Waals surface area contributed by atoms with Crippen molar-refractivity contribution in [2.75, 3.05) is 33.7 Å². The van der Waals surface area contributed by atoms with E-state index in [-0.39, 0.29) is 6.04 Å². The first-order valence-electron chi connectivity index (χ1n) is 6.96. The van der Waals surface area contributed by atoms with Crippen molar-refractivity contribution in [3.05, 3.63) is 11.7 Å². The molecule has 1 aliphatic heterocycles. The second-order valence-corrected chi connectivity index (χ2v) is 5.88. The largest absolute Gasteiger partial charge is 0.337 e. The second-order valence-electron chi connectivity index (χ2n) is 5.88. The third-order valence-corrected chi connectivity index (χ3v) is 3.85. The van der Waals surface area contributed by atoms with Gasteiger partial charge in [-0.25, -0.2) is 0 Å². The van der Waals surface area contributed by atoms with Gasteiger partial charge in [0, 0.05) is 19.6 Å². The van der Waals surface area contributed by atoms with Gasteiger partial charge in [0.2, 0.25) is 5.89 Å². The van der Waals surface area contributed by atoms with Crippen LogP contribution in [0.1, 0.15) is 44.4 Å². The van der Waals surface area contributed by atoms with Crippen molar-refractivity contribution in [1.82, 2.24) is 19.9 Å². The molecule has 2 unspecified atom stereocenters. The van der Waals surface area contributed by atoms with Crippen molar-refractivity contribution in [2.45, 2.75) is 38.3 Å². The quantitative estimate of drug-likeness (QED) is 0.876. The van der Waals surface area contributed by atoms with Crippen LogP contribution in [0.25, 0.3) is 0 Å². The predicted molar refractivity (Wildman–Crippen MR) is 73.6 cm³/mol. The molecule has 0 spiro atoms. The van der Waals surface area contributed by atoms with E-state index in [1.54, 1.807) is 0 Å². The SMILES string of the molecule is CCCC(C)(N)c1nc(C2CN(C)CCN2C)no1. The maximum Gasteiger partial charge on any atom is 0.246 e. The standard InChI is InChI=1S/C13H25N5O/c1-5-6-13(2,14)12-15-11(16-19-12)10-9-17(3)7-8-18(10)4/h10H,5-9,14H2,1-4H3. The summed E-state index contributed by atoms with van der Waals surface area (Å²) in [6.07, 6.45) is 1.84. The van der Waals surface area contributed by atoms with E-state index in [2.05, 4.69) is 41.0 Å². The fourth-order valence-corrected chi connectivity index (χ4v) is 2.52. The van der Waals surface area contributed by atoms with E-state index in [0.29, 0.717) is 5.89 Å². The zero-order valence-electron chi connectivity index (χ0n) is 12.4. The molecule has 0 radical (unpaired) electrons. The van der Waals surface area contributed by atoms with Gasteiger partial charge in [0.15, 0.2) is 5.82 Å². The highest BCUT2D eigenvalue weighted by Crippen LogP contribution is 2.25. The zero-order valence-corrected chi connectivity index (χ0v) is 12.4. The van der Waals surface area contributed by atoms with E-state index < -0.39 is 5.54 Å². The van der Waals surface area contributed by atoms with Crippen LogP contribution in [0.4, 0.5) is 0 Å². The molecule has 1 saturated heterocycles. The predicted octanol–water partition coefficient (Wildman–Crippen LogP) is 0.962. The topological polar surface area (TPSA) is 71.4 Å². The lowest BCUT2D eigenvalue weighted by Crippen LogP contribution is -2.45. The van der Waals surface area contributed by atoms with Gasteiger partial charge in [0.1, 0.15) is 0 Å². The summed E-state index contributed by atoms with van der Waals surface area (Å²) in [5.41, 5.74) is 5.70. The maximum atomic E-state index is 6.23. The zero-order chi connectivity index (χ0) is 14.0. The summed E-state index contributed by atoms with van der Waals surface area (Å²) >= 11 is 0. The Morgan fingerprint density at radius 2 is 2.16 bits per heavy atom. The van der Waals surface area contributed by atoms with Crippen LogP contribution in [0.5, 0.6) is 0 Å². The number of piperazine rings is 1. The average Bonchev–Trinajstić information content (AvgIpc) is 2.82. The fraction of sp³-hybridized carbons (Fsp3) is 0.846. The smallest absolute Gasteiger partial charge is 0.246 e. The van der Waals surface area contributed by atoms with Crippen molar-refractivity contribution < 1.29 is 4.52 Å². The first kappa shape index (κ1) is 14.4. The van der Waals surface area contributed by atoms with Gasteiger partial charge in [0.25, 0.3) is 0 Å². The summed E-state index contributed by atoms with van der Waals surface area (Å²) < 4.78 is 5.39. The van der Waals surface area contributed by atoms with Crippen molar-refractivity contribution >= 4 is 0 Å². The number of hydrogen-bond donors (Lipinski definition) is 1. The molecule has 1 aliphatic rings. The van der Waals surface area contributed by atoms with Gasteiger partial charge < -0.3 is 15.2 Å². The molecule has 6 nitrogen and oxygen atoms in total. The Morgan fingerprint density at radius 3 is 2.84 bits per heavy atom. The molecule has 1 aromatic rings. The third kappa shape index (κ3) is 3.13. The summed E-state index contributed by atoms with van der Waals surface area (Å²) in [7, 11) is 4.21. The van der Waals surface area contributed by atoms with Crippen LogP contribution in [0, 0.1) is 0 Å². The lowest BCUT2D eigenvalue weighted by Gasteiger charge is -2.35. The van der Waals surface area contributed by atoms with Crippen LogP contribution in [-0.2, 0) is 5.54 Å². The fourth-order valence-electron chi connectivity index (χ4n) is 2.52. The maximum absolute atomic E-state index is 6.23. The van der Waals surface area contributed by atoms with Crippen LogP contribution in [0.2, 0.25) is 0 Å².